The number of carbonyl (C=O) groups is 1. The summed E-state index contributed by atoms with van der Waals surface area (Å²) in [5.74, 6) is 0.0561. The number of aromatic nitrogens is 3. The molecule has 0 fully saturated rings. The molecule has 23 heavy (non-hydrogen) atoms. The molecule has 1 heterocycles. The number of ketones is 1. The van der Waals surface area contributed by atoms with E-state index >= 15 is 0 Å². The molecule has 122 valence electrons. The van der Waals surface area contributed by atoms with Gasteiger partial charge >= 0.3 is 0 Å². The van der Waals surface area contributed by atoms with Gasteiger partial charge in [0.15, 0.2) is 5.78 Å². The van der Waals surface area contributed by atoms with Crippen LogP contribution in [-0.4, -0.2) is 48.1 Å². The maximum atomic E-state index is 12.8. The van der Waals surface area contributed by atoms with E-state index in [4.69, 9.17) is 12.2 Å². The smallest absolute Gasteiger partial charge is 0.178 e. The van der Waals surface area contributed by atoms with Gasteiger partial charge in [0, 0.05) is 18.7 Å². The Hall–Kier alpha value is -1.73. The Labute approximate surface area is 146 Å². The van der Waals surface area contributed by atoms with E-state index in [2.05, 4.69) is 28.8 Å². The van der Waals surface area contributed by atoms with E-state index in [1.54, 1.807) is 11.0 Å². The zero-order valence-electron chi connectivity index (χ0n) is 13.3. The first-order valence-corrected chi connectivity index (χ1v) is 8.81. The molecular formula is C16H20N4OS2. The highest BCUT2D eigenvalue weighted by atomic mass is 32.2. The standard InChI is InChI=1S/C16H20N4OS2/c1-3-19(4-2)16(22)23-14(10-20-12-17-11-18-20)15(21)13-8-6-5-7-9-13/h5-9,11-12,14H,3-4,10H2,1-2H3. The van der Waals surface area contributed by atoms with Crippen LogP contribution in [0.25, 0.3) is 0 Å². The van der Waals surface area contributed by atoms with Crippen molar-refractivity contribution in [3.8, 4) is 0 Å². The molecule has 2 aromatic rings. The molecule has 0 saturated heterocycles. The zero-order chi connectivity index (χ0) is 16.7. The van der Waals surface area contributed by atoms with Crippen molar-refractivity contribution >= 4 is 34.1 Å². The Bertz CT molecular complexity index is 627. The summed E-state index contributed by atoms with van der Waals surface area (Å²) in [7, 11) is 0. The van der Waals surface area contributed by atoms with Gasteiger partial charge in [0.05, 0.1) is 11.8 Å². The summed E-state index contributed by atoms with van der Waals surface area (Å²) in [6, 6.07) is 9.30. The summed E-state index contributed by atoms with van der Waals surface area (Å²) < 4.78 is 2.41. The topological polar surface area (TPSA) is 51.0 Å². The fraction of sp³-hybridized carbons (Fsp3) is 0.375. The van der Waals surface area contributed by atoms with E-state index in [1.807, 2.05) is 30.3 Å². The summed E-state index contributed by atoms with van der Waals surface area (Å²) in [5, 5.41) is 3.78. The molecular weight excluding hydrogens is 328 g/mol. The van der Waals surface area contributed by atoms with Crippen molar-refractivity contribution in [2.75, 3.05) is 13.1 Å². The van der Waals surface area contributed by atoms with Crippen LogP contribution in [0.2, 0.25) is 0 Å². The van der Waals surface area contributed by atoms with Crippen molar-refractivity contribution < 1.29 is 4.79 Å². The molecule has 0 radical (unpaired) electrons. The highest BCUT2D eigenvalue weighted by molar-refractivity contribution is 8.23. The van der Waals surface area contributed by atoms with Crippen LogP contribution >= 0.6 is 24.0 Å². The molecule has 0 saturated carbocycles. The van der Waals surface area contributed by atoms with Crippen LogP contribution in [0.15, 0.2) is 43.0 Å². The van der Waals surface area contributed by atoms with E-state index in [9.17, 15) is 4.79 Å². The van der Waals surface area contributed by atoms with E-state index in [-0.39, 0.29) is 11.0 Å². The average Bonchev–Trinajstić information content (AvgIpc) is 3.08. The highest BCUT2D eigenvalue weighted by Crippen LogP contribution is 2.22. The predicted molar refractivity (Wildman–Crippen MR) is 97.7 cm³/mol. The van der Waals surface area contributed by atoms with E-state index in [1.165, 1.54) is 18.1 Å². The largest absolute Gasteiger partial charge is 0.358 e. The number of thioether (sulfide) groups is 1. The maximum Gasteiger partial charge on any atom is 0.178 e. The minimum absolute atomic E-state index is 0.0561. The molecule has 1 aromatic carbocycles. The lowest BCUT2D eigenvalue weighted by atomic mass is 10.1. The summed E-state index contributed by atoms with van der Waals surface area (Å²) in [5.41, 5.74) is 0.687. The van der Waals surface area contributed by atoms with Crippen molar-refractivity contribution in [1.82, 2.24) is 19.7 Å². The van der Waals surface area contributed by atoms with Crippen LogP contribution in [0, 0.1) is 0 Å². The third-order valence-electron chi connectivity index (χ3n) is 3.43. The number of hydrogen-bond acceptors (Lipinski definition) is 5. The lowest BCUT2D eigenvalue weighted by Crippen LogP contribution is -2.32. The molecule has 1 aromatic heterocycles. The lowest BCUT2D eigenvalue weighted by Gasteiger charge is -2.24. The molecule has 0 aliphatic carbocycles. The Morgan fingerprint density at radius 2 is 2.00 bits per heavy atom. The summed E-state index contributed by atoms with van der Waals surface area (Å²) in [6.07, 6.45) is 3.09. The van der Waals surface area contributed by atoms with E-state index in [0.717, 1.165) is 17.4 Å². The monoisotopic (exact) mass is 348 g/mol. The Balaban J connectivity index is 2.18. The molecule has 0 amide bonds. The summed E-state index contributed by atoms with van der Waals surface area (Å²) in [4.78, 5) is 18.9. The molecule has 1 unspecified atom stereocenters. The third kappa shape index (κ3) is 4.87. The van der Waals surface area contributed by atoms with Crippen molar-refractivity contribution in [1.29, 1.82) is 0 Å². The first-order valence-electron chi connectivity index (χ1n) is 7.52. The highest BCUT2D eigenvalue weighted by Gasteiger charge is 2.24. The van der Waals surface area contributed by atoms with Crippen LogP contribution in [0.3, 0.4) is 0 Å². The fourth-order valence-electron chi connectivity index (χ4n) is 2.14. The molecule has 0 spiro atoms. The Kier molecular flexibility index (Phi) is 6.73. The fourth-order valence-corrected chi connectivity index (χ4v) is 3.86. The van der Waals surface area contributed by atoms with Crippen molar-refractivity contribution in [3.63, 3.8) is 0 Å². The molecule has 1 atom stereocenters. The van der Waals surface area contributed by atoms with Crippen LogP contribution in [0.5, 0.6) is 0 Å². The molecule has 0 aliphatic rings. The molecule has 7 heteroatoms. The molecule has 5 nitrogen and oxygen atoms in total. The van der Waals surface area contributed by atoms with E-state index in [0.29, 0.717) is 12.1 Å². The Morgan fingerprint density at radius 1 is 1.30 bits per heavy atom. The van der Waals surface area contributed by atoms with Gasteiger partial charge in [-0.3, -0.25) is 9.48 Å². The zero-order valence-corrected chi connectivity index (χ0v) is 14.9. The maximum absolute atomic E-state index is 12.8. The summed E-state index contributed by atoms with van der Waals surface area (Å²) in [6.45, 7) is 6.22. The van der Waals surface area contributed by atoms with Crippen LogP contribution in [0.1, 0.15) is 24.2 Å². The predicted octanol–water partition coefficient (Wildman–Crippen LogP) is 2.89. The number of Topliss-reactive ketones (excluding diaryl/α,β-unsaturated/α-hetero) is 1. The lowest BCUT2D eigenvalue weighted by molar-refractivity contribution is 0.0983. The van der Waals surface area contributed by atoms with Gasteiger partial charge in [-0.15, -0.1) is 0 Å². The van der Waals surface area contributed by atoms with Gasteiger partial charge in [-0.2, -0.15) is 5.10 Å². The second-order valence-electron chi connectivity index (χ2n) is 4.89. The normalized spacial score (nSPS) is 11.9. The number of rotatable bonds is 7. The van der Waals surface area contributed by atoms with Gasteiger partial charge in [-0.25, -0.2) is 4.98 Å². The SMILES string of the molecule is CCN(CC)C(=S)SC(Cn1cncn1)C(=O)c1ccccc1. The van der Waals surface area contributed by atoms with Crippen LogP contribution in [0.4, 0.5) is 0 Å². The van der Waals surface area contributed by atoms with Gasteiger partial charge in [-0.1, -0.05) is 54.3 Å². The van der Waals surface area contributed by atoms with Gasteiger partial charge < -0.3 is 4.90 Å². The number of benzene rings is 1. The minimum Gasteiger partial charge on any atom is -0.358 e. The quantitative estimate of drug-likeness (QED) is 0.566. The van der Waals surface area contributed by atoms with E-state index < -0.39 is 0 Å². The second kappa shape index (κ2) is 8.79. The minimum atomic E-state index is -0.327. The number of thiocarbonyl (C=S) groups is 1. The number of hydrogen-bond donors (Lipinski definition) is 0. The molecule has 2 rings (SSSR count). The van der Waals surface area contributed by atoms with Gasteiger partial charge in [0.1, 0.15) is 17.0 Å². The van der Waals surface area contributed by atoms with Gasteiger partial charge in [0.2, 0.25) is 0 Å². The number of carbonyl (C=O) groups excluding carboxylic acids is 1. The van der Waals surface area contributed by atoms with Crippen LogP contribution < -0.4 is 0 Å². The Morgan fingerprint density at radius 3 is 2.57 bits per heavy atom. The molecule has 0 N–H and O–H groups in total. The molecule has 0 aliphatic heterocycles. The van der Waals surface area contributed by atoms with Crippen molar-refractivity contribution in [3.05, 3.63) is 48.5 Å². The summed E-state index contributed by atoms with van der Waals surface area (Å²) >= 11 is 6.93. The average molecular weight is 348 g/mol. The van der Waals surface area contributed by atoms with Crippen molar-refractivity contribution in [2.45, 2.75) is 25.6 Å². The third-order valence-corrected chi connectivity index (χ3v) is 5.09. The van der Waals surface area contributed by atoms with Crippen molar-refractivity contribution in [2.24, 2.45) is 0 Å². The first-order chi connectivity index (χ1) is 11.2. The van der Waals surface area contributed by atoms with Gasteiger partial charge in [-0.05, 0) is 13.8 Å². The van der Waals surface area contributed by atoms with Crippen LogP contribution in [-0.2, 0) is 6.54 Å². The van der Waals surface area contributed by atoms with Gasteiger partial charge in [0.25, 0.3) is 0 Å². The first kappa shape index (κ1) is 17.6. The molecule has 0 bridgehead atoms. The second-order valence-corrected chi connectivity index (χ2v) is 6.73. The number of nitrogens with zero attached hydrogens (tertiary/aromatic N) is 4.